The molecule has 0 bridgehead atoms. The fourth-order valence-electron chi connectivity index (χ4n) is 1.21. The highest BCUT2D eigenvalue weighted by Gasteiger charge is 2.33. The van der Waals surface area contributed by atoms with Crippen molar-refractivity contribution in [2.45, 2.75) is 6.18 Å². The van der Waals surface area contributed by atoms with E-state index in [1.165, 1.54) is 24.5 Å². The van der Waals surface area contributed by atoms with Crippen molar-refractivity contribution in [3.8, 4) is 11.8 Å². The van der Waals surface area contributed by atoms with Crippen LogP contribution in [0.1, 0.15) is 11.4 Å². The van der Waals surface area contributed by atoms with E-state index in [1.54, 1.807) is 0 Å². The van der Waals surface area contributed by atoms with E-state index in [0.29, 0.717) is 5.69 Å². The molecule has 0 atom stereocenters. The van der Waals surface area contributed by atoms with Crippen LogP contribution in [0, 0.1) is 11.3 Å². The van der Waals surface area contributed by atoms with E-state index in [9.17, 15) is 13.2 Å². The number of nitrogens with zero attached hydrogens (tertiary/aromatic N) is 4. The number of alkyl halides is 3. The first-order valence-electron chi connectivity index (χ1n) is 4.50. The Morgan fingerprint density at radius 3 is 2.47 bits per heavy atom. The van der Waals surface area contributed by atoms with Crippen LogP contribution in [-0.4, -0.2) is 14.8 Å². The Labute approximate surface area is 93.9 Å². The minimum atomic E-state index is -4.47. The van der Waals surface area contributed by atoms with Gasteiger partial charge in [0.25, 0.3) is 0 Å². The normalized spacial score (nSPS) is 11.2. The van der Waals surface area contributed by atoms with E-state index < -0.39 is 11.9 Å². The second-order valence-corrected chi connectivity index (χ2v) is 3.16. The lowest BCUT2D eigenvalue weighted by Crippen LogP contribution is -2.07. The smallest absolute Gasteiger partial charge is 0.243 e. The van der Waals surface area contributed by atoms with Crippen molar-refractivity contribution < 1.29 is 13.2 Å². The summed E-state index contributed by atoms with van der Waals surface area (Å²) in [5, 5.41) is 11.9. The molecule has 2 heterocycles. The quantitative estimate of drug-likeness (QED) is 0.764. The lowest BCUT2D eigenvalue weighted by Gasteiger charge is -2.02. The lowest BCUT2D eigenvalue weighted by molar-refractivity contribution is -0.141. The van der Waals surface area contributed by atoms with Crippen molar-refractivity contribution in [3.63, 3.8) is 0 Å². The zero-order chi connectivity index (χ0) is 12.5. The van der Waals surface area contributed by atoms with Gasteiger partial charge in [0.2, 0.25) is 0 Å². The molecular weight excluding hydrogens is 233 g/mol. The van der Waals surface area contributed by atoms with Crippen molar-refractivity contribution in [2.24, 2.45) is 0 Å². The fraction of sp³-hybridized carbons (Fsp3) is 0.100. The molecule has 0 radical (unpaired) electrons. The first-order valence-corrected chi connectivity index (χ1v) is 4.50. The van der Waals surface area contributed by atoms with Gasteiger partial charge in [-0.2, -0.15) is 23.5 Å². The van der Waals surface area contributed by atoms with Crippen molar-refractivity contribution >= 4 is 0 Å². The van der Waals surface area contributed by atoms with Gasteiger partial charge in [-0.1, -0.05) is 0 Å². The third-order valence-electron chi connectivity index (χ3n) is 2.01. The minimum absolute atomic E-state index is 0.192. The summed E-state index contributed by atoms with van der Waals surface area (Å²) >= 11 is 0. The maximum atomic E-state index is 12.3. The molecule has 2 aromatic heterocycles. The van der Waals surface area contributed by atoms with Gasteiger partial charge in [0.05, 0.1) is 11.9 Å². The highest BCUT2D eigenvalue weighted by atomic mass is 19.4. The minimum Gasteiger partial charge on any atom is -0.243 e. The van der Waals surface area contributed by atoms with Gasteiger partial charge in [0.15, 0.2) is 5.69 Å². The molecule has 7 heteroatoms. The molecule has 0 aliphatic rings. The molecule has 2 aromatic rings. The monoisotopic (exact) mass is 238 g/mol. The van der Waals surface area contributed by atoms with E-state index in [0.717, 1.165) is 10.7 Å². The Hall–Kier alpha value is -2.36. The summed E-state index contributed by atoms with van der Waals surface area (Å²) in [6.45, 7) is 0. The summed E-state index contributed by atoms with van der Waals surface area (Å²) < 4.78 is 38.0. The molecule has 0 N–H and O–H groups in total. The Balaban J connectivity index is 2.34. The first kappa shape index (κ1) is 11.1. The molecule has 2 rings (SSSR count). The Morgan fingerprint density at radius 2 is 2.00 bits per heavy atom. The molecule has 0 fully saturated rings. The number of halogens is 3. The third-order valence-corrected chi connectivity index (χ3v) is 2.01. The van der Waals surface area contributed by atoms with Gasteiger partial charge < -0.3 is 0 Å². The van der Waals surface area contributed by atoms with Crippen molar-refractivity contribution in [1.82, 2.24) is 14.8 Å². The maximum absolute atomic E-state index is 12.3. The average Bonchev–Trinajstić information content (AvgIpc) is 2.78. The number of aromatic nitrogens is 3. The molecule has 0 aromatic carbocycles. The van der Waals surface area contributed by atoms with Crippen LogP contribution in [0.3, 0.4) is 0 Å². The van der Waals surface area contributed by atoms with Gasteiger partial charge in [-0.3, -0.25) is 0 Å². The van der Waals surface area contributed by atoms with Crippen LogP contribution in [-0.2, 0) is 6.18 Å². The molecule has 17 heavy (non-hydrogen) atoms. The molecule has 0 spiro atoms. The standard InChI is InChI=1S/C10H5F3N4/c11-10(12,13)9-3-4-17(16-9)8-2-1-7(5-14)15-6-8/h1-4,6H. The number of pyridine rings is 1. The zero-order valence-corrected chi connectivity index (χ0v) is 8.31. The summed E-state index contributed by atoms with van der Waals surface area (Å²) in [5.41, 5.74) is -0.418. The molecule has 86 valence electrons. The maximum Gasteiger partial charge on any atom is 0.435 e. The van der Waals surface area contributed by atoms with Crippen LogP contribution in [0.2, 0.25) is 0 Å². The van der Waals surface area contributed by atoms with Crippen molar-refractivity contribution in [1.29, 1.82) is 5.26 Å². The van der Waals surface area contributed by atoms with E-state index in [4.69, 9.17) is 5.26 Å². The molecule has 0 unspecified atom stereocenters. The second-order valence-electron chi connectivity index (χ2n) is 3.16. The molecule has 0 saturated heterocycles. The Bertz CT molecular complexity index is 562. The van der Waals surface area contributed by atoms with Crippen LogP contribution in [0.4, 0.5) is 13.2 Å². The van der Waals surface area contributed by atoms with Crippen LogP contribution in [0.15, 0.2) is 30.6 Å². The van der Waals surface area contributed by atoms with Gasteiger partial charge in [-0.05, 0) is 18.2 Å². The summed E-state index contributed by atoms with van der Waals surface area (Å²) in [5.74, 6) is 0. The largest absolute Gasteiger partial charge is 0.435 e. The second kappa shape index (κ2) is 3.90. The van der Waals surface area contributed by atoms with Crippen LogP contribution < -0.4 is 0 Å². The average molecular weight is 238 g/mol. The van der Waals surface area contributed by atoms with Gasteiger partial charge in [-0.15, -0.1) is 0 Å². The predicted octanol–water partition coefficient (Wildman–Crippen LogP) is 2.16. The number of hydrogen-bond donors (Lipinski definition) is 0. The Morgan fingerprint density at radius 1 is 1.24 bits per heavy atom. The summed E-state index contributed by atoms with van der Waals surface area (Å²) in [6, 6.07) is 5.57. The van der Waals surface area contributed by atoms with Crippen LogP contribution in [0.5, 0.6) is 0 Å². The third kappa shape index (κ3) is 2.25. The van der Waals surface area contributed by atoms with Crippen LogP contribution in [0.25, 0.3) is 5.69 Å². The summed E-state index contributed by atoms with van der Waals surface area (Å²) in [6.07, 6.45) is -2.00. The Kier molecular flexibility index (Phi) is 2.55. The van der Waals surface area contributed by atoms with E-state index >= 15 is 0 Å². The summed E-state index contributed by atoms with van der Waals surface area (Å²) in [7, 11) is 0. The summed E-state index contributed by atoms with van der Waals surface area (Å²) in [4.78, 5) is 3.74. The fourth-order valence-corrected chi connectivity index (χ4v) is 1.21. The van der Waals surface area contributed by atoms with E-state index in [2.05, 4.69) is 10.1 Å². The molecule has 4 nitrogen and oxygen atoms in total. The zero-order valence-electron chi connectivity index (χ0n) is 8.31. The van der Waals surface area contributed by atoms with E-state index in [-0.39, 0.29) is 5.69 Å². The van der Waals surface area contributed by atoms with Crippen molar-refractivity contribution in [2.75, 3.05) is 0 Å². The number of hydrogen-bond acceptors (Lipinski definition) is 3. The molecule has 0 amide bonds. The lowest BCUT2D eigenvalue weighted by atomic mass is 10.3. The predicted molar refractivity (Wildman–Crippen MR) is 51.1 cm³/mol. The number of nitriles is 1. The molecule has 0 aliphatic heterocycles. The highest BCUT2D eigenvalue weighted by Crippen LogP contribution is 2.27. The van der Waals surface area contributed by atoms with Gasteiger partial charge >= 0.3 is 6.18 Å². The van der Waals surface area contributed by atoms with E-state index in [1.807, 2.05) is 6.07 Å². The first-order chi connectivity index (χ1) is 8.00. The van der Waals surface area contributed by atoms with Gasteiger partial charge in [-0.25, -0.2) is 9.67 Å². The van der Waals surface area contributed by atoms with Crippen molar-refractivity contribution in [3.05, 3.63) is 42.0 Å². The van der Waals surface area contributed by atoms with Crippen LogP contribution >= 0.6 is 0 Å². The molecule has 0 aliphatic carbocycles. The SMILES string of the molecule is N#Cc1ccc(-n2ccc(C(F)(F)F)n2)cn1. The van der Waals surface area contributed by atoms with Gasteiger partial charge in [0, 0.05) is 6.20 Å². The highest BCUT2D eigenvalue weighted by molar-refractivity contribution is 5.32. The van der Waals surface area contributed by atoms with Gasteiger partial charge in [0.1, 0.15) is 11.8 Å². The topological polar surface area (TPSA) is 54.5 Å². The molecule has 0 saturated carbocycles. The molecular formula is C10H5F3N4. The number of rotatable bonds is 1.